The van der Waals surface area contributed by atoms with Gasteiger partial charge in [0.15, 0.2) is 19.7 Å². The van der Waals surface area contributed by atoms with Crippen LogP contribution in [0, 0.1) is 6.92 Å². The van der Waals surface area contributed by atoms with Crippen LogP contribution in [0.3, 0.4) is 0 Å². The van der Waals surface area contributed by atoms with Gasteiger partial charge in [0.1, 0.15) is 11.4 Å². The van der Waals surface area contributed by atoms with E-state index in [-0.39, 0.29) is 0 Å². The molecule has 6 nitrogen and oxygen atoms in total. The summed E-state index contributed by atoms with van der Waals surface area (Å²) >= 11 is 0. The number of para-hydroxylation sites is 4. The first-order chi connectivity index (χ1) is 35.6. The van der Waals surface area contributed by atoms with E-state index in [0.717, 1.165) is 99.8 Å². The van der Waals surface area contributed by atoms with Gasteiger partial charge in [0.05, 0.1) is 44.1 Å². The Morgan fingerprint density at radius 3 is 1.08 bits per heavy atom. The Hall–Kier alpha value is -9.30. The quantitative estimate of drug-likeness (QED) is 0.112. The number of aryl methyl sites for hydroxylation is 1. The van der Waals surface area contributed by atoms with Gasteiger partial charge in [-0.05, 0) is 82.3 Å². The molecule has 0 aliphatic heterocycles. The molecule has 14 aromatic rings. The molecule has 0 fully saturated rings. The van der Waals surface area contributed by atoms with Crippen LogP contribution in [-0.4, -0.2) is 37.1 Å². The van der Waals surface area contributed by atoms with Crippen molar-refractivity contribution < 1.29 is 0 Å². The Bertz CT molecular complexity index is 4290. The molecule has 0 bridgehead atoms. The summed E-state index contributed by atoms with van der Waals surface area (Å²) in [7, 11) is -2.98. The summed E-state index contributed by atoms with van der Waals surface area (Å²) < 4.78 is 4.72. The summed E-state index contributed by atoms with van der Waals surface area (Å²) in [6.07, 6.45) is 0. The van der Waals surface area contributed by atoms with Crippen molar-refractivity contribution in [2.45, 2.75) is 6.92 Å². The molecule has 72 heavy (non-hydrogen) atoms. The van der Waals surface area contributed by atoms with E-state index in [2.05, 4.69) is 234 Å². The number of aromatic nitrogens is 6. The van der Waals surface area contributed by atoms with Crippen molar-refractivity contribution in [1.29, 1.82) is 0 Å². The number of fused-ring (bicyclic) bond motifs is 9. The maximum absolute atomic E-state index is 5.58. The third-order valence-electron chi connectivity index (χ3n) is 14.5. The fourth-order valence-corrected chi connectivity index (χ4v) is 16.1. The number of nitrogens with zero attached hydrogens (tertiary/aromatic N) is 6. The predicted molar refractivity (Wildman–Crippen MR) is 301 cm³/mol. The van der Waals surface area contributed by atoms with Gasteiger partial charge >= 0.3 is 0 Å². The molecule has 0 radical (unpaired) electrons. The molecule has 10 aromatic carbocycles. The van der Waals surface area contributed by atoms with Crippen LogP contribution in [0.4, 0.5) is 0 Å². The monoisotopic (exact) mass is 936 g/mol. The van der Waals surface area contributed by atoms with Gasteiger partial charge in [-0.1, -0.05) is 200 Å². The van der Waals surface area contributed by atoms with Crippen molar-refractivity contribution in [3.63, 3.8) is 0 Å². The van der Waals surface area contributed by atoms with Crippen LogP contribution >= 0.6 is 0 Å². The summed E-state index contributed by atoms with van der Waals surface area (Å²) in [4.78, 5) is 21.9. The molecule has 4 heterocycles. The van der Waals surface area contributed by atoms with E-state index in [9.17, 15) is 0 Å². The van der Waals surface area contributed by atoms with Crippen molar-refractivity contribution in [2.75, 3.05) is 0 Å². The molecule has 7 heteroatoms. The van der Waals surface area contributed by atoms with E-state index in [1.165, 1.54) is 26.3 Å². The van der Waals surface area contributed by atoms with Crippen LogP contribution in [0.1, 0.15) is 5.56 Å². The van der Waals surface area contributed by atoms with Crippen LogP contribution in [0.25, 0.3) is 99.8 Å². The number of hydrogen-bond acceptors (Lipinski definition) is 4. The highest BCUT2D eigenvalue weighted by Gasteiger charge is 2.42. The second-order valence-electron chi connectivity index (χ2n) is 18.6. The highest BCUT2D eigenvalue weighted by Crippen LogP contribution is 2.44. The summed E-state index contributed by atoms with van der Waals surface area (Å²) in [6, 6.07) is 89.5. The highest BCUT2D eigenvalue weighted by atomic mass is 28.3. The standard InChI is InChI=1S/C65H44N6Si/c1-43-35-37-56-50(41-43)60-58(70(56)64-62(44-21-7-2-8-22-44)66-52-31-17-19-33-54(52)68-64)39-40-59-61(60)51-42-49(72(46-25-11-4-12-26-46,47-27-13-5-14-28-47)48-29-15-6-16-30-48)36-38-57(51)71(59)65-63(45-23-9-3-10-24-45)67-53-32-18-20-34-55(53)69-65/h2-42H,1H3. The second-order valence-corrected chi connectivity index (χ2v) is 22.4. The summed E-state index contributed by atoms with van der Waals surface area (Å²) in [5.74, 6) is 1.55. The highest BCUT2D eigenvalue weighted by molar-refractivity contribution is 7.20. The third kappa shape index (κ3) is 6.41. The molecule has 0 aliphatic carbocycles. The van der Waals surface area contributed by atoms with Crippen molar-refractivity contribution >= 4 is 94.5 Å². The maximum atomic E-state index is 5.58. The first-order valence-corrected chi connectivity index (χ1v) is 26.5. The van der Waals surface area contributed by atoms with Gasteiger partial charge in [-0.15, -0.1) is 0 Å². The van der Waals surface area contributed by atoms with Crippen molar-refractivity contribution in [3.05, 3.63) is 254 Å². The summed E-state index contributed by atoms with van der Waals surface area (Å²) in [5.41, 5.74) is 12.4. The number of benzene rings is 10. The minimum atomic E-state index is -2.98. The molecule has 0 saturated heterocycles. The molecule has 0 N–H and O–H groups in total. The lowest BCUT2D eigenvalue weighted by molar-refractivity contribution is 1.07. The van der Waals surface area contributed by atoms with Crippen molar-refractivity contribution in [2.24, 2.45) is 0 Å². The smallest absolute Gasteiger partial charge is 0.179 e. The first-order valence-electron chi connectivity index (χ1n) is 24.5. The van der Waals surface area contributed by atoms with Crippen molar-refractivity contribution in [1.82, 2.24) is 29.1 Å². The van der Waals surface area contributed by atoms with Crippen LogP contribution in [-0.2, 0) is 0 Å². The molecule has 0 atom stereocenters. The molecule has 4 aromatic heterocycles. The van der Waals surface area contributed by atoms with Gasteiger partial charge < -0.3 is 0 Å². The van der Waals surface area contributed by atoms with E-state index >= 15 is 0 Å². The lowest BCUT2D eigenvalue weighted by atomic mass is 10.0. The fraction of sp³-hybridized carbons (Fsp3) is 0.0154. The zero-order valence-electron chi connectivity index (χ0n) is 39.4. The van der Waals surface area contributed by atoms with Crippen LogP contribution in [0.5, 0.6) is 0 Å². The van der Waals surface area contributed by atoms with Gasteiger partial charge in [0.25, 0.3) is 0 Å². The van der Waals surface area contributed by atoms with Gasteiger partial charge in [0, 0.05) is 32.7 Å². The zero-order valence-corrected chi connectivity index (χ0v) is 40.4. The van der Waals surface area contributed by atoms with Crippen LogP contribution in [0.15, 0.2) is 249 Å². The van der Waals surface area contributed by atoms with E-state index in [0.29, 0.717) is 0 Å². The molecular weight excluding hydrogens is 893 g/mol. The van der Waals surface area contributed by atoms with Gasteiger partial charge in [-0.25, -0.2) is 19.9 Å². The molecule has 0 spiro atoms. The second kappa shape index (κ2) is 16.7. The van der Waals surface area contributed by atoms with E-state index in [1.54, 1.807) is 0 Å². The Kier molecular flexibility index (Phi) is 9.66. The molecule has 14 rings (SSSR count). The lowest BCUT2D eigenvalue weighted by Crippen LogP contribution is -2.74. The third-order valence-corrected chi connectivity index (χ3v) is 19.3. The Morgan fingerprint density at radius 1 is 0.306 bits per heavy atom. The van der Waals surface area contributed by atoms with Gasteiger partial charge in [-0.2, -0.15) is 0 Å². The number of hydrogen-bond donors (Lipinski definition) is 0. The zero-order chi connectivity index (χ0) is 47.8. The van der Waals surface area contributed by atoms with Gasteiger partial charge in [0.2, 0.25) is 0 Å². The molecule has 338 valence electrons. The molecule has 0 unspecified atom stereocenters. The average Bonchev–Trinajstić information content (AvgIpc) is 3.96. The van der Waals surface area contributed by atoms with Crippen LogP contribution in [0.2, 0.25) is 0 Å². The van der Waals surface area contributed by atoms with E-state index in [1.807, 2.05) is 30.3 Å². The normalized spacial score (nSPS) is 12.0. The minimum absolute atomic E-state index is 0.774. The van der Waals surface area contributed by atoms with Crippen LogP contribution < -0.4 is 20.7 Å². The topological polar surface area (TPSA) is 61.4 Å². The summed E-state index contributed by atoms with van der Waals surface area (Å²) in [5, 5.41) is 9.79. The van der Waals surface area contributed by atoms with Gasteiger partial charge in [-0.3, -0.25) is 9.13 Å². The lowest BCUT2D eigenvalue weighted by Gasteiger charge is -2.34. The van der Waals surface area contributed by atoms with E-state index < -0.39 is 8.07 Å². The van der Waals surface area contributed by atoms with Crippen molar-refractivity contribution in [3.8, 4) is 34.2 Å². The molecule has 0 saturated carbocycles. The fourth-order valence-electron chi connectivity index (χ4n) is 11.4. The first kappa shape index (κ1) is 41.7. The Labute approximate surface area is 416 Å². The Morgan fingerprint density at radius 2 is 0.653 bits per heavy atom. The largest absolute Gasteiger partial charge is 0.292 e. The molecular formula is C65H44N6Si. The number of rotatable bonds is 8. The minimum Gasteiger partial charge on any atom is -0.292 e. The average molecular weight is 937 g/mol. The summed E-state index contributed by atoms with van der Waals surface area (Å²) in [6.45, 7) is 2.19. The molecule has 0 amide bonds. The maximum Gasteiger partial charge on any atom is 0.179 e. The van der Waals surface area contributed by atoms with E-state index in [4.69, 9.17) is 19.9 Å². The SMILES string of the molecule is Cc1ccc2c(c1)c1c3c4cc([Si](c5ccccc5)(c5ccccc5)c5ccccc5)ccc4n(-c4nc5ccccc5nc4-c4ccccc4)c3ccc1n2-c1nc2ccccc2nc1-c1ccccc1. The molecule has 0 aliphatic rings. The Balaban J connectivity index is 1.18. The predicted octanol–water partition coefficient (Wildman–Crippen LogP) is 12.8.